The van der Waals surface area contributed by atoms with Crippen LogP contribution < -0.4 is 0 Å². The predicted molar refractivity (Wildman–Crippen MR) is 62.1 cm³/mol. The van der Waals surface area contributed by atoms with Gasteiger partial charge in [0.1, 0.15) is 13.2 Å². The second-order valence-electron chi connectivity index (χ2n) is 2.46. The first-order valence-corrected chi connectivity index (χ1v) is 4.49. The minimum atomic E-state index is -1.66. The molecule has 0 aliphatic carbocycles. The minimum absolute atomic E-state index is 0.843. The second kappa shape index (κ2) is 12.1. The van der Waals surface area contributed by atoms with Gasteiger partial charge in [-0.05, 0) is 12.1 Å². The van der Waals surface area contributed by atoms with Gasteiger partial charge in [-0.2, -0.15) is 0 Å². The highest BCUT2D eigenvalue weighted by Gasteiger charge is 1.94. The molecule has 0 saturated heterocycles. The molecule has 0 saturated carbocycles. The number of ketones is 2. The highest BCUT2D eigenvalue weighted by Crippen LogP contribution is 1.79. The molecule has 0 spiro atoms. The molecule has 0 atom stereocenters. The number of aliphatic hydroxyl groups excluding tert-OH is 2. The molecule has 0 bridgehead atoms. The van der Waals surface area contributed by atoms with Crippen LogP contribution in [0.1, 0.15) is 5.48 Å². The zero-order chi connectivity index (χ0) is 18.7. The maximum atomic E-state index is 10.6. The van der Waals surface area contributed by atoms with Crippen LogP contribution in [0, 0.1) is 0 Å². The molecule has 0 aliphatic rings. The number of rotatable bonds is 6. The summed E-state index contributed by atoms with van der Waals surface area (Å²) in [7, 11) is 1.04. The van der Waals surface area contributed by atoms with Crippen molar-refractivity contribution in [1.29, 1.82) is 0 Å². The lowest BCUT2D eigenvalue weighted by molar-refractivity contribution is -0.135. The molecule has 0 fully saturated rings. The van der Waals surface area contributed by atoms with E-state index in [0.29, 0.717) is 0 Å². The van der Waals surface area contributed by atoms with E-state index in [0.717, 1.165) is 7.11 Å². The van der Waals surface area contributed by atoms with Gasteiger partial charge in [0.05, 0.1) is 12.6 Å². The van der Waals surface area contributed by atoms with Crippen molar-refractivity contribution >= 4 is 23.5 Å². The average Bonchev–Trinajstić information content (AvgIpc) is 2.56. The highest BCUT2D eigenvalue weighted by atomic mass is 16.5. The van der Waals surface area contributed by atoms with Crippen LogP contribution in [0.2, 0.25) is 0 Å². The molecule has 0 aliphatic heterocycles. The molecule has 0 rings (SSSR count). The number of methoxy groups -OCH3 is 1. The molecule has 3 N–H and O–H groups in total. The predicted octanol–water partition coefficient (Wildman–Crippen LogP) is -1.53. The van der Waals surface area contributed by atoms with Crippen LogP contribution >= 0.6 is 0 Å². The van der Waals surface area contributed by atoms with Gasteiger partial charge in [-0.1, -0.05) is 0 Å². The van der Waals surface area contributed by atoms with Crippen molar-refractivity contribution < 1.29 is 44.7 Å². The maximum absolute atomic E-state index is 10.6. The zero-order valence-electron chi connectivity index (χ0n) is 13.8. The lowest BCUT2D eigenvalue weighted by Gasteiger charge is -1.87. The van der Waals surface area contributed by atoms with E-state index in [2.05, 4.69) is 4.74 Å². The number of carboxylic acid groups (broad SMARTS) is 1. The number of aliphatic carboxylic acids is 1. The fourth-order valence-electron chi connectivity index (χ4n) is 0.374. The SMILES string of the molecule is [2H]/C(C(=O)CO)=C(/[2H])C(=O)OC.[2H]/C(C(=O)O)=C(/[2H])C(=O)CO. The third-order valence-corrected chi connectivity index (χ3v) is 1.09. The molecule has 8 nitrogen and oxygen atoms in total. The summed E-state index contributed by atoms with van der Waals surface area (Å²) in [6.07, 6.45) is 0. The molecular formula is C11H14O8. The topological polar surface area (TPSA) is 138 Å². The van der Waals surface area contributed by atoms with E-state index in [1.807, 2.05) is 0 Å². The van der Waals surface area contributed by atoms with Gasteiger partial charge in [-0.25, -0.2) is 9.59 Å². The summed E-state index contributed by atoms with van der Waals surface area (Å²) in [5, 5.41) is 24.5. The van der Waals surface area contributed by atoms with Gasteiger partial charge in [0, 0.05) is 12.1 Å². The Labute approximate surface area is 114 Å². The molecule has 8 heteroatoms. The molecule has 19 heavy (non-hydrogen) atoms. The number of carbonyl (C=O) groups excluding carboxylic acids is 3. The Bertz CT molecular complexity index is 528. The van der Waals surface area contributed by atoms with Crippen LogP contribution in [-0.2, 0) is 23.9 Å². The molecule has 0 heterocycles. The Morgan fingerprint density at radius 2 is 1.42 bits per heavy atom. The first-order chi connectivity index (χ1) is 10.5. The van der Waals surface area contributed by atoms with Crippen molar-refractivity contribution in [3.63, 3.8) is 0 Å². The Kier molecular flexibility index (Phi) is 7.51. The number of ether oxygens (including phenoxy) is 1. The third kappa shape index (κ3) is 15.7. The highest BCUT2D eigenvalue weighted by molar-refractivity contribution is 5.96. The molecule has 0 aromatic carbocycles. The van der Waals surface area contributed by atoms with Gasteiger partial charge in [-0.3, -0.25) is 9.59 Å². The Balaban J connectivity index is 0. The number of carboxylic acids is 1. The zero-order valence-corrected chi connectivity index (χ0v) is 9.80. The molecule has 106 valence electrons. The van der Waals surface area contributed by atoms with E-state index in [-0.39, 0.29) is 0 Å². The van der Waals surface area contributed by atoms with Crippen molar-refractivity contribution in [3.8, 4) is 0 Å². The fourth-order valence-corrected chi connectivity index (χ4v) is 0.374. The summed E-state index contributed by atoms with van der Waals surface area (Å²) < 4.78 is 31.2. The lowest BCUT2D eigenvalue weighted by atomic mass is 10.4. The lowest BCUT2D eigenvalue weighted by Crippen LogP contribution is -2.01. The maximum Gasteiger partial charge on any atom is 0.330 e. The van der Waals surface area contributed by atoms with Crippen molar-refractivity contribution in [2.24, 2.45) is 0 Å². The van der Waals surface area contributed by atoms with Gasteiger partial charge in [-0.15, -0.1) is 0 Å². The molecule has 0 aromatic heterocycles. The quantitative estimate of drug-likeness (QED) is 0.392. The van der Waals surface area contributed by atoms with Crippen molar-refractivity contribution in [3.05, 3.63) is 24.2 Å². The van der Waals surface area contributed by atoms with E-state index < -0.39 is 60.9 Å². The van der Waals surface area contributed by atoms with Gasteiger partial charge >= 0.3 is 11.9 Å². The number of carbonyl (C=O) groups is 4. The van der Waals surface area contributed by atoms with E-state index >= 15 is 0 Å². The first-order valence-electron chi connectivity index (χ1n) is 6.49. The average molecular weight is 278 g/mol. The summed E-state index contributed by atoms with van der Waals surface area (Å²) in [4.78, 5) is 41.4. The molecular weight excluding hydrogens is 260 g/mol. The molecule has 0 aromatic rings. The molecule has 0 unspecified atom stereocenters. The van der Waals surface area contributed by atoms with Crippen LogP contribution in [0.3, 0.4) is 0 Å². The first kappa shape index (κ1) is 11.8. The summed E-state index contributed by atoms with van der Waals surface area (Å²) in [6, 6.07) is -3.79. The van der Waals surface area contributed by atoms with Crippen LogP contribution in [0.5, 0.6) is 0 Å². The largest absolute Gasteiger partial charge is 0.478 e. The van der Waals surface area contributed by atoms with Gasteiger partial charge in [0.2, 0.25) is 0 Å². The Hall–Kier alpha value is -2.32. The summed E-state index contributed by atoms with van der Waals surface area (Å²) in [5.41, 5.74) is 0. The summed E-state index contributed by atoms with van der Waals surface area (Å²) in [6.45, 7) is -1.84. The normalized spacial score (nSPS) is 14.9. The summed E-state index contributed by atoms with van der Waals surface area (Å²) in [5.74, 6) is -4.78. The van der Waals surface area contributed by atoms with E-state index in [1.54, 1.807) is 0 Å². The van der Waals surface area contributed by atoms with Gasteiger partial charge < -0.3 is 20.1 Å². The summed E-state index contributed by atoms with van der Waals surface area (Å²) >= 11 is 0. The standard InChI is InChI=1S/C6H8O4.C5H6O4/c1-10-6(9)3-2-5(8)4-7;6-3-4(7)1-2-5(8)9/h2-3,7H,4H2,1H3;1-2,6H,3H2,(H,8,9)/b3-2+;2-1+/i2D,3D;1D,2D. The van der Waals surface area contributed by atoms with E-state index in [9.17, 15) is 19.2 Å². The van der Waals surface area contributed by atoms with Crippen LogP contribution in [0.15, 0.2) is 24.2 Å². The third-order valence-electron chi connectivity index (χ3n) is 1.09. The van der Waals surface area contributed by atoms with Gasteiger partial charge in [0.15, 0.2) is 11.6 Å². The van der Waals surface area contributed by atoms with Crippen LogP contribution in [-0.4, -0.2) is 59.1 Å². The number of esters is 1. The van der Waals surface area contributed by atoms with Crippen LogP contribution in [0.4, 0.5) is 0 Å². The van der Waals surface area contributed by atoms with Crippen molar-refractivity contribution in [2.75, 3.05) is 20.3 Å². The number of aliphatic hydroxyl groups is 2. The van der Waals surface area contributed by atoms with E-state index in [1.165, 1.54) is 0 Å². The van der Waals surface area contributed by atoms with Crippen LogP contribution in [0.25, 0.3) is 0 Å². The van der Waals surface area contributed by atoms with E-state index in [4.69, 9.17) is 20.8 Å². The second-order valence-corrected chi connectivity index (χ2v) is 2.46. The smallest absolute Gasteiger partial charge is 0.330 e. The molecule has 0 amide bonds. The van der Waals surface area contributed by atoms with Crippen molar-refractivity contribution in [2.45, 2.75) is 0 Å². The number of hydrogen-bond donors (Lipinski definition) is 3. The number of hydrogen-bond acceptors (Lipinski definition) is 7. The monoisotopic (exact) mass is 278 g/mol. The minimum Gasteiger partial charge on any atom is -0.478 e. The van der Waals surface area contributed by atoms with Gasteiger partial charge in [0.25, 0.3) is 0 Å². The fraction of sp³-hybridized carbons (Fsp3) is 0.273. The Morgan fingerprint density at radius 1 is 1.00 bits per heavy atom. The molecule has 0 radical (unpaired) electrons. The Morgan fingerprint density at radius 3 is 1.74 bits per heavy atom. The van der Waals surface area contributed by atoms with Crippen molar-refractivity contribution in [1.82, 2.24) is 0 Å².